The monoisotopic (exact) mass is 185 g/mol. The van der Waals surface area contributed by atoms with Gasteiger partial charge < -0.3 is 9.64 Å². The molecule has 1 saturated heterocycles. The Bertz CT molecular complexity index is 180. The second-order valence-corrected chi connectivity index (χ2v) is 3.93. The first-order valence-electron chi connectivity index (χ1n) is 4.98. The zero-order chi connectivity index (χ0) is 9.84. The zero-order valence-corrected chi connectivity index (χ0v) is 8.75. The maximum Gasteiger partial charge on any atom is 0.222 e. The van der Waals surface area contributed by atoms with Crippen LogP contribution in [0.4, 0.5) is 0 Å². The topological polar surface area (TPSA) is 29.5 Å². The SMILES string of the molecule is CC(C)OCC1CCCC(=O)N1C. The fourth-order valence-electron chi connectivity index (χ4n) is 1.56. The van der Waals surface area contributed by atoms with Crippen molar-refractivity contribution >= 4 is 5.91 Å². The maximum atomic E-state index is 11.3. The van der Waals surface area contributed by atoms with Crippen molar-refractivity contribution in [2.75, 3.05) is 13.7 Å². The van der Waals surface area contributed by atoms with Gasteiger partial charge in [0, 0.05) is 13.5 Å². The van der Waals surface area contributed by atoms with E-state index in [1.807, 2.05) is 25.8 Å². The minimum Gasteiger partial charge on any atom is -0.377 e. The molecule has 0 spiro atoms. The molecule has 1 amide bonds. The number of nitrogens with zero attached hydrogens (tertiary/aromatic N) is 1. The van der Waals surface area contributed by atoms with Gasteiger partial charge in [0.15, 0.2) is 0 Å². The average molecular weight is 185 g/mol. The molecule has 3 nitrogen and oxygen atoms in total. The number of likely N-dealkylation sites (tertiary alicyclic amines) is 1. The third-order valence-corrected chi connectivity index (χ3v) is 2.49. The van der Waals surface area contributed by atoms with Gasteiger partial charge in [0.25, 0.3) is 0 Å². The van der Waals surface area contributed by atoms with Gasteiger partial charge in [0.2, 0.25) is 5.91 Å². The van der Waals surface area contributed by atoms with Crippen LogP contribution in [0.3, 0.4) is 0 Å². The minimum atomic E-state index is 0.253. The van der Waals surface area contributed by atoms with E-state index < -0.39 is 0 Å². The van der Waals surface area contributed by atoms with Crippen LogP contribution < -0.4 is 0 Å². The Labute approximate surface area is 80.1 Å². The van der Waals surface area contributed by atoms with Gasteiger partial charge in [-0.25, -0.2) is 0 Å². The number of ether oxygens (including phenoxy) is 1. The molecule has 13 heavy (non-hydrogen) atoms. The molecule has 1 aliphatic rings. The van der Waals surface area contributed by atoms with Crippen LogP contribution >= 0.6 is 0 Å². The number of piperidine rings is 1. The molecule has 0 radical (unpaired) electrons. The number of carbonyl (C=O) groups is 1. The van der Waals surface area contributed by atoms with Crippen LogP contribution in [0.15, 0.2) is 0 Å². The van der Waals surface area contributed by atoms with Crippen LogP contribution in [-0.4, -0.2) is 36.6 Å². The first-order valence-corrected chi connectivity index (χ1v) is 4.98. The normalized spacial score (nSPS) is 24.2. The fraction of sp³-hybridized carbons (Fsp3) is 0.900. The molecule has 0 saturated carbocycles. The first kappa shape index (κ1) is 10.5. The van der Waals surface area contributed by atoms with E-state index in [0.29, 0.717) is 19.1 Å². The molecule has 76 valence electrons. The van der Waals surface area contributed by atoms with Crippen molar-refractivity contribution in [3.8, 4) is 0 Å². The Morgan fingerprint density at radius 1 is 1.62 bits per heavy atom. The predicted molar refractivity (Wildman–Crippen MR) is 51.5 cm³/mol. The molecule has 1 unspecified atom stereocenters. The second kappa shape index (κ2) is 4.61. The van der Waals surface area contributed by atoms with Crippen LogP contribution in [0.25, 0.3) is 0 Å². The van der Waals surface area contributed by atoms with Crippen molar-refractivity contribution in [1.82, 2.24) is 4.90 Å². The van der Waals surface area contributed by atoms with Crippen molar-refractivity contribution in [3.63, 3.8) is 0 Å². The van der Waals surface area contributed by atoms with E-state index in [1.54, 1.807) is 0 Å². The van der Waals surface area contributed by atoms with Gasteiger partial charge in [0.1, 0.15) is 0 Å². The number of likely N-dealkylation sites (N-methyl/N-ethyl adjacent to an activating group) is 1. The highest BCUT2D eigenvalue weighted by atomic mass is 16.5. The zero-order valence-electron chi connectivity index (χ0n) is 8.75. The highest BCUT2D eigenvalue weighted by Crippen LogP contribution is 2.16. The molecule has 1 fully saturated rings. The van der Waals surface area contributed by atoms with E-state index in [4.69, 9.17) is 4.74 Å². The van der Waals surface area contributed by atoms with Crippen molar-refractivity contribution in [1.29, 1.82) is 0 Å². The summed E-state index contributed by atoms with van der Waals surface area (Å²) in [6.45, 7) is 4.72. The lowest BCUT2D eigenvalue weighted by molar-refractivity contribution is -0.136. The average Bonchev–Trinajstić information content (AvgIpc) is 2.07. The highest BCUT2D eigenvalue weighted by Gasteiger charge is 2.24. The van der Waals surface area contributed by atoms with E-state index in [9.17, 15) is 4.79 Å². The summed E-state index contributed by atoms with van der Waals surface area (Å²) in [5.74, 6) is 0.253. The van der Waals surface area contributed by atoms with Gasteiger partial charge in [-0.1, -0.05) is 0 Å². The van der Waals surface area contributed by atoms with E-state index in [1.165, 1.54) is 0 Å². The molecule has 0 aromatic carbocycles. The molecular formula is C10H19NO2. The predicted octanol–water partition coefficient (Wildman–Crippen LogP) is 1.42. The minimum absolute atomic E-state index is 0.253. The lowest BCUT2D eigenvalue weighted by Gasteiger charge is -2.32. The first-order chi connectivity index (χ1) is 6.11. The number of rotatable bonds is 3. The summed E-state index contributed by atoms with van der Waals surface area (Å²) in [6, 6.07) is 0.295. The summed E-state index contributed by atoms with van der Waals surface area (Å²) in [6.07, 6.45) is 3.05. The Hall–Kier alpha value is -0.570. The van der Waals surface area contributed by atoms with Gasteiger partial charge in [-0.05, 0) is 26.7 Å². The van der Waals surface area contributed by atoms with Crippen LogP contribution in [-0.2, 0) is 9.53 Å². The van der Waals surface area contributed by atoms with E-state index >= 15 is 0 Å². The van der Waals surface area contributed by atoms with Gasteiger partial charge >= 0.3 is 0 Å². The quantitative estimate of drug-likeness (QED) is 0.665. The van der Waals surface area contributed by atoms with Crippen LogP contribution in [0.2, 0.25) is 0 Å². The largest absolute Gasteiger partial charge is 0.377 e. The molecule has 0 N–H and O–H groups in total. The molecule has 0 aromatic rings. The number of hydrogen-bond acceptors (Lipinski definition) is 2. The second-order valence-electron chi connectivity index (χ2n) is 3.93. The third kappa shape index (κ3) is 2.99. The van der Waals surface area contributed by atoms with Gasteiger partial charge in [-0.15, -0.1) is 0 Å². The Kier molecular flexibility index (Phi) is 3.72. The van der Waals surface area contributed by atoms with Crippen molar-refractivity contribution in [3.05, 3.63) is 0 Å². The van der Waals surface area contributed by atoms with Crippen molar-refractivity contribution in [2.45, 2.75) is 45.3 Å². The van der Waals surface area contributed by atoms with E-state index in [2.05, 4.69) is 0 Å². The van der Waals surface area contributed by atoms with Gasteiger partial charge in [-0.2, -0.15) is 0 Å². The number of hydrogen-bond donors (Lipinski definition) is 0. The maximum absolute atomic E-state index is 11.3. The van der Waals surface area contributed by atoms with Gasteiger partial charge in [-0.3, -0.25) is 4.79 Å². The smallest absolute Gasteiger partial charge is 0.222 e. The molecule has 1 heterocycles. The van der Waals surface area contributed by atoms with Crippen molar-refractivity contribution in [2.24, 2.45) is 0 Å². The Morgan fingerprint density at radius 2 is 2.31 bits per heavy atom. The highest BCUT2D eigenvalue weighted by molar-refractivity contribution is 5.76. The molecule has 1 rings (SSSR count). The lowest BCUT2D eigenvalue weighted by Crippen LogP contribution is -2.43. The summed E-state index contributed by atoms with van der Waals surface area (Å²) in [7, 11) is 1.87. The molecule has 0 aliphatic carbocycles. The molecule has 0 aromatic heterocycles. The van der Waals surface area contributed by atoms with E-state index in [-0.39, 0.29) is 12.0 Å². The van der Waals surface area contributed by atoms with Crippen LogP contribution in [0.1, 0.15) is 33.1 Å². The molecule has 1 aliphatic heterocycles. The molecule has 3 heteroatoms. The third-order valence-electron chi connectivity index (χ3n) is 2.49. The summed E-state index contributed by atoms with van der Waals surface area (Å²) in [5.41, 5.74) is 0. The molecular weight excluding hydrogens is 166 g/mol. The van der Waals surface area contributed by atoms with Crippen molar-refractivity contribution < 1.29 is 9.53 Å². The van der Waals surface area contributed by atoms with Crippen LogP contribution in [0, 0.1) is 0 Å². The number of amides is 1. The van der Waals surface area contributed by atoms with Gasteiger partial charge in [0.05, 0.1) is 18.8 Å². The lowest BCUT2D eigenvalue weighted by atomic mass is 10.0. The summed E-state index contributed by atoms with van der Waals surface area (Å²) >= 11 is 0. The summed E-state index contributed by atoms with van der Waals surface area (Å²) < 4.78 is 5.51. The summed E-state index contributed by atoms with van der Waals surface area (Å²) in [4.78, 5) is 13.1. The molecule has 0 bridgehead atoms. The summed E-state index contributed by atoms with van der Waals surface area (Å²) in [5, 5.41) is 0. The number of carbonyl (C=O) groups excluding carboxylic acids is 1. The van der Waals surface area contributed by atoms with E-state index in [0.717, 1.165) is 12.8 Å². The Morgan fingerprint density at radius 3 is 2.92 bits per heavy atom. The standard InChI is InChI=1S/C10H19NO2/c1-8(2)13-7-9-5-4-6-10(12)11(9)3/h8-9H,4-7H2,1-3H3. The Balaban J connectivity index is 2.35. The fourth-order valence-corrected chi connectivity index (χ4v) is 1.56. The molecule has 1 atom stereocenters. The van der Waals surface area contributed by atoms with Crippen LogP contribution in [0.5, 0.6) is 0 Å².